The lowest BCUT2D eigenvalue weighted by Gasteiger charge is -2.06. The predicted molar refractivity (Wildman–Crippen MR) is 93.9 cm³/mol. The van der Waals surface area contributed by atoms with Crippen LogP contribution < -0.4 is 10.5 Å². The molecule has 2 rings (SSSR count). The van der Waals surface area contributed by atoms with Crippen molar-refractivity contribution in [2.75, 3.05) is 6.54 Å². The van der Waals surface area contributed by atoms with Gasteiger partial charge in [-0.15, -0.1) is 0 Å². The van der Waals surface area contributed by atoms with Crippen molar-refractivity contribution in [2.24, 2.45) is 5.14 Å². The third-order valence-electron chi connectivity index (χ3n) is 3.75. The maximum Gasteiger partial charge on any atom is 0.238 e. The monoisotopic (exact) mass is 364 g/mol. The maximum absolute atomic E-state index is 13.1. The number of rotatable bonds is 8. The Hall–Kier alpha value is -2.25. The number of amides is 1. The molecular formula is C18H21FN2O3S. The van der Waals surface area contributed by atoms with E-state index in [2.05, 4.69) is 5.32 Å². The molecule has 2 aromatic carbocycles. The fraction of sp³-hybridized carbons (Fsp3) is 0.278. The quantitative estimate of drug-likeness (QED) is 0.704. The van der Waals surface area contributed by atoms with E-state index in [1.165, 1.54) is 24.3 Å². The molecular weight excluding hydrogens is 343 g/mol. The normalized spacial score (nSPS) is 11.3. The third-order valence-corrected chi connectivity index (χ3v) is 4.68. The lowest BCUT2D eigenvalue weighted by atomic mass is 10.1. The van der Waals surface area contributed by atoms with Gasteiger partial charge in [-0.1, -0.05) is 24.3 Å². The minimum absolute atomic E-state index is 0.0752. The standard InChI is InChI=1S/C18H21FN2O3S/c19-16-5-1-3-15(13-16)8-11-18(22)21-12-2-4-14-6-9-17(10-7-14)25(20,23)24/h1,3,5-7,9-10,13H,2,4,8,11-12H2,(H,21,22)(H2,20,23,24). The van der Waals surface area contributed by atoms with Crippen LogP contribution in [0.5, 0.6) is 0 Å². The minimum Gasteiger partial charge on any atom is -0.356 e. The number of nitrogens with one attached hydrogen (secondary N) is 1. The van der Waals surface area contributed by atoms with Crippen molar-refractivity contribution in [2.45, 2.75) is 30.6 Å². The van der Waals surface area contributed by atoms with Gasteiger partial charge in [0.25, 0.3) is 0 Å². The molecule has 0 spiro atoms. The molecule has 0 aromatic heterocycles. The van der Waals surface area contributed by atoms with Gasteiger partial charge >= 0.3 is 0 Å². The molecule has 134 valence electrons. The fourth-order valence-electron chi connectivity index (χ4n) is 2.40. The van der Waals surface area contributed by atoms with E-state index in [1.807, 2.05) is 0 Å². The summed E-state index contributed by atoms with van der Waals surface area (Å²) in [5.74, 6) is -0.375. The SMILES string of the molecule is NS(=O)(=O)c1ccc(CCCNC(=O)CCc2cccc(F)c2)cc1. The second kappa shape index (κ2) is 8.73. The van der Waals surface area contributed by atoms with Crippen LogP contribution in [0.25, 0.3) is 0 Å². The lowest BCUT2D eigenvalue weighted by molar-refractivity contribution is -0.121. The number of halogens is 1. The second-order valence-corrected chi connectivity index (χ2v) is 7.33. The van der Waals surface area contributed by atoms with Crippen LogP contribution in [0.15, 0.2) is 53.4 Å². The Morgan fingerprint density at radius 1 is 1.04 bits per heavy atom. The first kappa shape index (κ1) is 19.1. The number of sulfonamides is 1. The zero-order valence-electron chi connectivity index (χ0n) is 13.7. The van der Waals surface area contributed by atoms with E-state index >= 15 is 0 Å². The van der Waals surface area contributed by atoms with Crippen molar-refractivity contribution in [3.05, 3.63) is 65.5 Å². The number of nitrogens with two attached hydrogens (primary N) is 1. The summed E-state index contributed by atoms with van der Waals surface area (Å²) in [7, 11) is -3.67. The van der Waals surface area contributed by atoms with Gasteiger partial charge < -0.3 is 5.32 Å². The van der Waals surface area contributed by atoms with E-state index in [0.717, 1.165) is 24.0 Å². The molecule has 25 heavy (non-hydrogen) atoms. The van der Waals surface area contributed by atoms with Crippen LogP contribution in [0.2, 0.25) is 0 Å². The summed E-state index contributed by atoms with van der Waals surface area (Å²) in [5.41, 5.74) is 1.77. The minimum atomic E-state index is -3.67. The van der Waals surface area contributed by atoms with Gasteiger partial charge in [0.1, 0.15) is 5.82 Å². The van der Waals surface area contributed by atoms with Gasteiger partial charge in [0, 0.05) is 13.0 Å². The number of carbonyl (C=O) groups is 1. The molecule has 3 N–H and O–H groups in total. The molecule has 0 radical (unpaired) electrons. The number of primary sulfonamides is 1. The lowest BCUT2D eigenvalue weighted by Crippen LogP contribution is -2.25. The van der Waals surface area contributed by atoms with Crippen molar-refractivity contribution in [3.8, 4) is 0 Å². The zero-order chi connectivity index (χ0) is 18.3. The Bertz CT molecular complexity index is 820. The Labute approximate surface area is 147 Å². The molecule has 0 aliphatic heterocycles. The highest BCUT2D eigenvalue weighted by atomic mass is 32.2. The third kappa shape index (κ3) is 6.64. The van der Waals surface area contributed by atoms with Gasteiger partial charge in [-0.3, -0.25) is 4.79 Å². The van der Waals surface area contributed by atoms with E-state index in [1.54, 1.807) is 24.3 Å². The summed E-state index contributed by atoms with van der Waals surface area (Å²) >= 11 is 0. The van der Waals surface area contributed by atoms with Gasteiger partial charge in [-0.2, -0.15) is 0 Å². The van der Waals surface area contributed by atoms with Crippen LogP contribution in [0.3, 0.4) is 0 Å². The molecule has 0 aliphatic carbocycles. The molecule has 2 aromatic rings. The van der Waals surface area contributed by atoms with Crippen molar-refractivity contribution < 1.29 is 17.6 Å². The highest BCUT2D eigenvalue weighted by molar-refractivity contribution is 7.89. The summed E-state index contributed by atoms with van der Waals surface area (Å²) in [5, 5.41) is 7.87. The molecule has 0 saturated carbocycles. The first-order chi connectivity index (χ1) is 11.8. The molecule has 0 bridgehead atoms. The van der Waals surface area contributed by atoms with Crippen molar-refractivity contribution in [1.29, 1.82) is 0 Å². The van der Waals surface area contributed by atoms with E-state index < -0.39 is 10.0 Å². The number of aryl methyl sites for hydroxylation is 2. The summed E-state index contributed by atoms with van der Waals surface area (Å²) in [6.07, 6.45) is 2.26. The highest BCUT2D eigenvalue weighted by Crippen LogP contribution is 2.10. The van der Waals surface area contributed by atoms with Crippen molar-refractivity contribution in [1.82, 2.24) is 5.32 Å². The average molecular weight is 364 g/mol. The number of hydrogen-bond acceptors (Lipinski definition) is 3. The van der Waals surface area contributed by atoms with Gasteiger partial charge in [0.2, 0.25) is 15.9 Å². The van der Waals surface area contributed by atoms with Crippen molar-refractivity contribution >= 4 is 15.9 Å². The summed E-state index contributed by atoms with van der Waals surface area (Å²) in [6, 6.07) is 12.6. The topological polar surface area (TPSA) is 89.3 Å². The molecule has 0 atom stereocenters. The van der Waals surface area contributed by atoms with E-state index in [4.69, 9.17) is 5.14 Å². The molecule has 0 unspecified atom stereocenters. The largest absolute Gasteiger partial charge is 0.356 e. The van der Waals surface area contributed by atoms with Crippen LogP contribution in [0.1, 0.15) is 24.0 Å². The molecule has 0 heterocycles. The molecule has 1 amide bonds. The van der Waals surface area contributed by atoms with Crippen LogP contribution in [-0.4, -0.2) is 20.9 Å². The molecule has 0 saturated heterocycles. The second-order valence-electron chi connectivity index (χ2n) is 5.77. The van der Waals surface area contributed by atoms with Crippen LogP contribution >= 0.6 is 0 Å². The Balaban J connectivity index is 1.67. The molecule has 0 fully saturated rings. The molecule has 5 nitrogen and oxygen atoms in total. The van der Waals surface area contributed by atoms with Crippen molar-refractivity contribution in [3.63, 3.8) is 0 Å². The summed E-state index contributed by atoms with van der Waals surface area (Å²) < 4.78 is 35.4. The molecule has 7 heteroatoms. The van der Waals surface area contributed by atoms with Gasteiger partial charge in [-0.05, 0) is 54.7 Å². The summed E-state index contributed by atoms with van der Waals surface area (Å²) in [4.78, 5) is 11.9. The predicted octanol–water partition coefficient (Wildman–Crippen LogP) is 2.15. The van der Waals surface area contributed by atoms with Gasteiger partial charge in [0.05, 0.1) is 4.90 Å². The number of benzene rings is 2. The molecule has 0 aliphatic rings. The smallest absolute Gasteiger partial charge is 0.238 e. The Morgan fingerprint density at radius 2 is 1.76 bits per heavy atom. The van der Waals surface area contributed by atoms with Gasteiger partial charge in [-0.25, -0.2) is 17.9 Å². The Kier molecular flexibility index (Phi) is 6.66. The summed E-state index contributed by atoms with van der Waals surface area (Å²) in [6.45, 7) is 0.527. The fourth-order valence-corrected chi connectivity index (χ4v) is 2.92. The van der Waals surface area contributed by atoms with E-state index in [9.17, 15) is 17.6 Å². The number of hydrogen-bond donors (Lipinski definition) is 2. The van der Waals surface area contributed by atoms with Gasteiger partial charge in [0.15, 0.2) is 0 Å². The van der Waals surface area contributed by atoms with E-state index in [-0.39, 0.29) is 16.6 Å². The van der Waals surface area contributed by atoms with Crippen LogP contribution in [0, 0.1) is 5.82 Å². The number of carbonyl (C=O) groups excluding carboxylic acids is 1. The first-order valence-electron chi connectivity index (χ1n) is 7.97. The average Bonchev–Trinajstić information content (AvgIpc) is 2.57. The first-order valence-corrected chi connectivity index (χ1v) is 9.52. The zero-order valence-corrected chi connectivity index (χ0v) is 14.6. The maximum atomic E-state index is 13.1. The van der Waals surface area contributed by atoms with E-state index in [0.29, 0.717) is 19.4 Å². The van der Waals surface area contributed by atoms with Crippen LogP contribution in [0.4, 0.5) is 4.39 Å². The Morgan fingerprint density at radius 3 is 2.40 bits per heavy atom. The highest BCUT2D eigenvalue weighted by Gasteiger charge is 2.07. The van der Waals surface area contributed by atoms with Crippen LogP contribution in [-0.2, 0) is 27.7 Å².